The molecule has 0 unspecified atom stereocenters. The normalized spacial score (nSPS) is 14.4. The maximum Gasteiger partial charge on any atom is 0.257 e. The fraction of sp³-hybridized carbons (Fsp3) is 0.529. The molecule has 1 aromatic carbocycles. The van der Waals surface area contributed by atoms with Gasteiger partial charge in [0.25, 0.3) is 5.91 Å². The summed E-state index contributed by atoms with van der Waals surface area (Å²) in [6.07, 6.45) is 3.39. The summed E-state index contributed by atoms with van der Waals surface area (Å²) >= 11 is 5.27. The Morgan fingerprint density at radius 1 is 1.26 bits per heavy atom. The third-order valence-corrected chi connectivity index (χ3v) is 4.01. The van der Waals surface area contributed by atoms with E-state index in [9.17, 15) is 4.79 Å². The molecule has 6 heteroatoms. The number of hydrogen-bond donors (Lipinski definition) is 1. The SMILES string of the molecule is CCCCCOc1ccc(C(=O)NC(=S)N2CCOCC2)cc1. The molecule has 1 N–H and O–H groups in total. The van der Waals surface area contributed by atoms with Crippen LogP contribution in [0.4, 0.5) is 0 Å². The van der Waals surface area contributed by atoms with Crippen LogP contribution in [0.3, 0.4) is 0 Å². The molecule has 1 aliphatic heterocycles. The van der Waals surface area contributed by atoms with Crippen molar-refractivity contribution in [2.24, 2.45) is 0 Å². The Hall–Kier alpha value is -1.66. The highest BCUT2D eigenvalue weighted by molar-refractivity contribution is 7.80. The van der Waals surface area contributed by atoms with Crippen molar-refractivity contribution in [1.29, 1.82) is 0 Å². The van der Waals surface area contributed by atoms with Crippen LogP contribution in [0.5, 0.6) is 5.75 Å². The number of rotatable bonds is 6. The van der Waals surface area contributed by atoms with Gasteiger partial charge < -0.3 is 14.4 Å². The number of nitrogens with one attached hydrogen (secondary N) is 1. The molecule has 1 fully saturated rings. The molecule has 126 valence electrons. The van der Waals surface area contributed by atoms with Gasteiger partial charge in [-0.1, -0.05) is 19.8 Å². The smallest absolute Gasteiger partial charge is 0.257 e. The third-order valence-electron chi connectivity index (χ3n) is 3.65. The first-order chi connectivity index (χ1) is 11.2. The molecule has 0 saturated carbocycles. The first kappa shape index (κ1) is 17.7. The van der Waals surface area contributed by atoms with E-state index in [1.807, 2.05) is 17.0 Å². The average molecular weight is 336 g/mol. The molecular weight excluding hydrogens is 312 g/mol. The predicted molar refractivity (Wildman–Crippen MR) is 93.9 cm³/mol. The predicted octanol–water partition coefficient (Wildman–Crippen LogP) is 2.60. The number of morpholine rings is 1. The second-order valence-electron chi connectivity index (χ2n) is 5.44. The van der Waals surface area contributed by atoms with E-state index in [-0.39, 0.29) is 5.91 Å². The number of unbranched alkanes of at least 4 members (excludes halogenated alkanes) is 2. The fourth-order valence-electron chi connectivity index (χ4n) is 2.26. The number of carbonyl (C=O) groups excluding carboxylic acids is 1. The zero-order valence-electron chi connectivity index (χ0n) is 13.5. The average Bonchev–Trinajstić information content (AvgIpc) is 2.60. The maximum absolute atomic E-state index is 12.2. The van der Waals surface area contributed by atoms with Crippen LogP contribution in [0.1, 0.15) is 36.5 Å². The first-order valence-corrected chi connectivity index (χ1v) is 8.52. The molecule has 1 heterocycles. The van der Waals surface area contributed by atoms with Gasteiger partial charge in [-0.15, -0.1) is 0 Å². The maximum atomic E-state index is 12.2. The van der Waals surface area contributed by atoms with Gasteiger partial charge in [0, 0.05) is 18.7 Å². The quantitative estimate of drug-likeness (QED) is 0.639. The van der Waals surface area contributed by atoms with E-state index in [4.69, 9.17) is 21.7 Å². The molecule has 0 aliphatic carbocycles. The van der Waals surface area contributed by atoms with Gasteiger partial charge in [-0.2, -0.15) is 0 Å². The van der Waals surface area contributed by atoms with Crippen LogP contribution >= 0.6 is 12.2 Å². The Balaban J connectivity index is 1.81. The Morgan fingerprint density at radius 2 is 1.96 bits per heavy atom. The first-order valence-electron chi connectivity index (χ1n) is 8.11. The van der Waals surface area contributed by atoms with Crippen molar-refractivity contribution in [3.05, 3.63) is 29.8 Å². The van der Waals surface area contributed by atoms with Crippen LogP contribution in [0.2, 0.25) is 0 Å². The summed E-state index contributed by atoms with van der Waals surface area (Å²) in [6.45, 7) is 5.57. The Morgan fingerprint density at radius 3 is 2.61 bits per heavy atom. The summed E-state index contributed by atoms with van der Waals surface area (Å²) in [7, 11) is 0. The zero-order valence-corrected chi connectivity index (χ0v) is 14.4. The Labute approximate surface area is 142 Å². The molecule has 1 saturated heterocycles. The van der Waals surface area contributed by atoms with Crippen molar-refractivity contribution in [1.82, 2.24) is 10.2 Å². The fourth-order valence-corrected chi connectivity index (χ4v) is 2.53. The lowest BCUT2D eigenvalue weighted by Crippen LogP contribution is -2.47. The van der Waals surface area contributed by atoms with Gasteiger partial charge in [-0.3, -0.25) is 10.1 Å². The largest absolute Gasteiger partial charge is 0.494 e. The number of amides is 1. The molecule has 23 heavy (non-hydrogen) atoms. The highest BCUT2D eigenvalue weighted by atomic mass is 32.1. The van der Waals surface area contributed by atoms with Crippen LogP contribution in [0.25, 0.3) is 0 Å². The van der Waals surface area contributed by atoms with Crippen molar-refractivity contribution in [3.8, 4) is 5.75 Å². The third kappa shape index (κ3) is 5.80. The molecular formula is C17H24N2O3S. The van der Waals surface area contributed by atoms with Gasteiger partial charge in [0.15, 0.2) is 5.11 Å². The highest BCUT2D eigenvalue weighted by Crippen LogP contribution is 2.13. The van der Waals surface area contributed by atoms with Gasteiger partial charge >= 0.3 is 0 Å². The van der Waals surface area contributed by atoms with Crippen molar-refractivity contribution < 1.29 is 14.3 Å². The molecule has 0 aromatic heterocycles. The van der Waals surface area contributed by atoms with Crippen LogP contribution < -0.4 is 10.1 Å². The van der Waals surface area contributed by atoms with Crippen molar-refractivity contribution >= 4 is 23.2 Å². The summed E-state index contributed by atoms with van der Waals surface area (Å²) < 4.78 is 10.9. The molecule has 0 spiro atoms. The van der Waals surface area contributed by atoms with Crippen molar-refractivity contribution in [2.45, 2.75) is 26.2 Å². The molecule has 1 amide bonds. The van der Waals surface area contributed by atoms with E-state index in [1.165, 1.54) is 12.8 Å². The lowest BCUT2D eigenvalue weighted by atomic mass is 10.2. The molecule has 1 aliphatic rings. The highest BCUT2D eigenvalue weighted by Gasteiger charge is 2.16. The number of benzene rings is 1. The second kappa shape index (κ2) is 9.47. The van der Waals surface area contributed by atoms with E-state index in [0.717, 1.165) is 12.2 Å². The van der Waals surface area contributed by atoms with Gasteiger partial charge in [0.05, 0.1) is 19.8 Å². The Bertz CT molecular complexity index is 513. The van der Waals surface area contributed by atoms with E-state index in [2.05, 4.69) is 12.2 Å². The summed E-state index contributed by atoms with van der Waals surface area (Å²) in [5.41, 5.74) is 0.571. The van der Waals surface area contributed by atoms with E-state index in [0.29, 0.717) is 43.6 Å². The summed E-state index contributed by atoms with van der Waals surface area (Å²) in [6, 6.07) is 7.15. The molecule has 0 bridgehead atoms. The number of nitrogens with zero attached hydrogens (tertiary/aromatic N) is 1. The Kier molecular flexibility index (Phi) is 7.29. The molecule has 2 rings (SSSR count). The van der Waals surface area contributed by atoms with Crippen LogP contribution in [-0.4, -0.2) is 48.8 Å². The molecule has 5 nitrogen and oxygen atoms in total. The minimum atomic E-state index is -0.195. The topological polar surface area (TPSA) is 50.8 Å². The van der Waals surface area contributed by atoms with Gasteiger partial charge in [-0.05, 0) is 42.9 Å². The molecule has 0 atom stereocenters. The number of hydrogen-bond acceptors (Lipinski definition) is 4. The number of ether oxygens (including phenoxy) is 2. The monoisotopic (exact) mass is 336 g/mol. The summed E-state index contributed by atoms with van der Waals surface area (Å²) in [5.74, 6) is 0.590. The molecule has 1 aromatic rings. The van der Waals surface area contributed by atoms with Gasteiger partial charge in [0.2, 0.25) is 0 Å². The lowest BCUT2D eigenvalue weighted by Gasteiger charge is -2.28. The summed E-state index contributed by atoms with van der Waals surface area (Å²) in [4.78, 5) is 14.2. The minimum absolute atomic E-state index is 0.195. The molecule has 0 radical (unpaired) electrons. The van der Waals surface area contributed by atoms with Crippen molar-refractivity contribution in [2.75, 3.05) is 32.9 Å². The second-order valence-corrected chi connectivity index (χ2v) is 5.83. The van der Waals surface area contributed by atoms with Crippen LogP contribution in [0, 0.1) is 0 Å². The van der Waals surface area contributed by atoms with Crippen LogP contribution in [0.15, 0.2) is 24.3 Å². The zero-order chi connectivity index (χ0) is 16.5. The minimum Gasteiger partial charge on any atom is -0.494 e. The number of carbonyl (C=O) groups is 1. The standard InChI is InChI=1S/C17H24N2O3S/c1-2-3-4-11-22-15-7-5-14(6-8-15)16(20)18-17(23)19-9-12-21-13-10-19/h5-8H,2-4,9-13H2,1H3,(H,18,20,23). The van der Waals surface area contributed by atoms with Crippen molar-refractivity contribution in [3.63, 3.8) is 0 Å². The number of thiocarbonyl (C=S) groups is 1. The van der Waals surface area contributed by atoms with Gasteiger partial charge in [-0.25, -0.2) is 0 Å². The van der Waals surface area contributed by atoms with E-state index < -0.39 is 0 Å². The van der Waals surface area contributed by atoms with Crippen LogP contribution in [-0.2, 0) is 4.74 Å². The summed E-state index contributed by atoms with van der Waals surface area (Å²) in [5, 5.41) is 3.22. The van der Waals surface area contributed by atoms with E-state index >= 15 is 0 Å². The van der Waals surface area contributed by atoms with Gasteiger partial charge in [0.1, 0.15) is 5.75 Å². The lowest BCUT2D eigenvalue weighted by molar-refractivity contribution is 0.0669. The van der Waals surface area contributed by atoms with E-state index in [1.54, 1.807) is 12.1 Å².